The lowest BCUT2D eigenvalue weighted by molar-refractivity contribution is -0.358. The zero-order valence-corrected chi connectivity index (χ0v) is 53.6. The van der Waals surface area contributed by atoms with E-state index in [2.05, 4.69) is 54.7 Å². The molecule has 0 amide bonds. The highest BCUT2D eigenvalue weighted by Gasteiger charge is 2.60. The van der Waals surface area contributed by atoms with E-state index in [1.807, 2.05) is 39.0 Å². The fourth-order valence-electron chi connectivity index (χ4n) is 11.8. The van der Waals surface area contributed by atoms with E-state index in [4.69, 9.17) is 51.5 Å². The van der Waals surface area contributed by atoms with E-state index in [0.29, 0.717) is 19.3 Å². The maximum Gasteiger partial charge on any atom is 0.330 e. The molecule has 3 saturated heterocycles. The van der Waals surface area contributed by atoms with Crippen LogP contribution in [-0.4, -0.2) is 139 Å². The zero-order chi connectivity index (χ0) is 60.3. The van der Waals surface area contributed by atoms with Gasteiger partial charge >= 0.3 is 29.8 Å². The molecule has 3 aliphatic rings. The van der Waals surface area contributed by atoms with Gasteiger partial charge in [-0.2, -0.15) is 0 Å². The molecule has 80 heavy (non-hydrogen) atoms. The van der Waals surface area contributed by atoms with Crippen molar-refractivity contribution in [3.8, 4) is 0 Å². The minimum atomic E-state index is -2.47. The van der Waals surface area contributed by atoms with Crippen molar-refractivity contribution in [1.82, 2.24) is 0 Å². The number of aliphatic hydroxyl groups is 1. The maximum atomic E-state index is 15.1. The predicted octanol–water partition coefficient (Wildman–Crippen LogP) is 11.6. The fourth-order valence-corrected chi connectivity index (χ4v) is 17.6. The highest BCUT2D eigenvalue weighted by molar-refractivity contribution is 6.74. The molecule has 0 aliphatic carbocycles. The molecule has 3 aliphatic heterocycles. The Kier molecular flexibility index (Phi) is 28.0. The molecular weight excluding hydrogens is 1060 g/mol. The number of allylic oxidation sites excluding steroid dienone is 2. The average Bonchev–Trinajstić information content (AvgIpc) is 3.41. The number of carbonyl (C=O) groups excluding carboxylic acids is 5. The molecule has 3 heterocycles. The van der Waals surface area contributed by atoms with Gasteiger partial charge in [-0.1, -0.05) is 99.1 Å². The van der Waals surface area contributed by atoms with Crippen LogP contribution in [0.25, 0.3) is 0 Å². The van der Waals surface area contributed by atoms with E-state index in [1.54, 1.807) is 27.0 Å². The van der Waals surface area contributed by atoms with E-state index >= 15 is 4.79 Å². The van der Waals surface area contributed by atoms with Gasteiger partial charge in [-0.05, 0) is 93.7 Å². The molecule has 0 aromatic carbocycles. The number of hydrogen-bond donors (Lipinski definition) is 1. The highest BCUT2D eigenvalue weighted by atomic mass is 28.4. The largest absolute Gasteiger partial charge is 0.466 e. The normalized spacial score (nSPS) is 27.7. The first-order valence-electron chi connectivity index (χ1n) is 29.3. The third-order valence-electron chi connectivity index (χ3n) is 17.3. The Balaban J connectivity index is 2.19. The monoisotopic (exact) mass is 1160 g/mol. The van der Waals surface area contributed by atoms with E-state index in [9.17, 15) is 24.3 Å². The minimum Gasteiger partial charge on any atom is -0.466 e. The van der Waals surface area contributed by atoms with Crippen LogP contribution in [0.1, 0.15) is 161 Å². The van der Waals surface area contributed by atoms with Crippen LogP contribution in [0.5, 0.6) is 0 Å². The van der Waals surface area contributed by atoms with Gasteiger partial charge in [-0.15, -0.1) is 13.2 Å². The SMILES string of the molecule is C=CCCC/C=C/C(C)(C)[C@]1(O)O[C@H](C[C@@H](OC(=O)C[C@@H](C[C@@H]2C[C@H](OC(C)=O)C(C)(C)[C@@](C[C@@H]3C/C(=C/C(=O)OC)C[C@H](C=C)O3)(OC)O2)O[Si](CC)(CC)CC)[C@@H](C)O[Si](CC)(CC)CC)C/C(=C\C(=O)OC)[C@@H]1OC(C)=O. The lowest BCUT2D eigenvalue weighted by Crippen LogP contribution is -2.63. The second kappa shape index (κ2) is 31.7. The van der Waals surface area contributed by atoms with Crippen molar-refractivity contribution in [2.75, 3.05) is 21.3 Å². The van der Waals surface area contributed by atoms with E-state index in [0.717, 1.165) is 54.7 Å². The molecular formula is C61H102O17Si2. The second-order valence-corrected chi connectivity index (χ2v) is 32.6. The standard InChI is InChI=1S/C61H102O17Si2/c1-19-27-28-29-30-31-58(12,13)61(67)57(72-44(11)63)46(36-55(65)69-17)35-48(76-61)38-52(42(9)77-79(21-3,22-4)23-5)74-56(66)40-50(78-80(24-6,25-7)26-8)37-49-39-53(71-43(10)62)59(14,15)60(70-18,75-49)41-51-33-45(34-54(64)68-16)32-47(20-2)73-51/h19-20,30-31,34,36,42,47-53,57,67H,1-2,21-29,32-33,35,37-41H2,3-18H3/b31-30+,45-34+,46-36+/t42-,47+,48+,49-,50-,51+,52-,53+,57+,60+,61-/m1/s1. The van der Waals surface area contributed by atoms with Crippen LogP contribution in [0, 0.1) is 10.8 Å². The average molecular weight is 1160 g/mol. The number of esters is 5. The van der Waals surface area contributed by atoms with E-state index in [-0.39, 0.29) is 44.1 Å². The molecule has 17 nitrogen and oxygen atoms in total. The van der Waals surface area contributed by atoms with Crippen LogP contribution in [-0.2, 0) is 75.5 Å². The third-order valence-corrected chi connectivity index (χ3v) is 26.8. The number of carbonyl (C=O) groups is 5. The summed E-state index contributed by atoms with van der Waals surface area (Å²) in [7, 11) is -0.684. The molecule has 456 valence electrons. The van der Waals surface area contributed by atoms with Crippen molar-refractivity contribution < 1.29 is 80.6 Å². The van der Waals surface area contributed by atoms with Gasteiger partial charge in [0.1, 0.15) is 12.2 Å². The predicted molar refractivity (Wildman–Crippen MR) is 312 cm³/mol. The molecule has 0 aromatic heterocycles. The van der Waals surface area contributed by atoms with Crippen molar-refractivity contribution in [3.05, 3.63) is 60.8 Å². The maximum absolute atomic E-state index is 15.1. The summed E-state index contributed by atoms with van der Waals surface area (Å²) >= 11 is 0. The van der Waals surface area contributed by atoms with Gasteiger partial charge in [0.25, 0.3) is 0 Å². The Morgan fingerprint density at radius 1 is 0.775 bits per heavy atom. The number of unbranched alkanes of at least 4 members (excludes halogenated alkanes) is 2. The van der Waals surface area contributed by atoms with Gasteiger partial charge in [-0.25, -0.2) is 9.59 Å². The summed E-state index contributed by atoms with van der Waals surface area (Å²) in [4.78, 5) is 66.3. The lowest BCUT2D eigenvalue weighted by Gasteiger charge is -2.55. The van der Waals surface area contributed by atoms with Gasteiger partial charge in [0, 0.05) is 57.8 Å². The molecule has 3 fully saturated rings. The molecule has 3 rings (SSSR count). The van der Waals surface area contributed by atoms with Crippen LogP contribution in [0.3, 0.4) is 0 Å². The van der Waals surface area contributed by atoms with Gasteiger partial charge < -0.3 is 56.6 Å². The van der Waals surface area contributed by atoms with E-state index in [1.165, 1.54) is 40.2 Å². The number of hydrogen-bond acceptors (Lipinski definition) is 17. The summed E-state index contributed by atoms with van der Waals surface area (Å²) in [5, 5.41) is 13.0. The van der Waals surface area contributed by atoms with Gasteiger partial charge in [-0.3, -0.25) is 14.4 Å². The van der Waals surface area contributed by atoms with Gasteiger partial charge in [0.05, 0.1) is 62.7 Å². The zero-order valence-electron chi connectivity index (χ0n) is 51.6. The summed E-state index contributed by atoms with van der Waals surface area (Å²) in [6.07, 6.45) is 6.84. The smallest absolute Gasteiger partial charge is 0.330 e. The van der Waals surface area contributed by atoms with Gasteiger partial charge in [0.15, 0.2) is 28.5 Å². The molecule has 1 N–H and O–H groups in total. The van der Waals surface area contributed by atoms with Crippen LogP contribution >= 0.6 is 0 Å². The lowest BCUT2D eigenvalue weighted by atomic mass is 9.70. The molecule has 0 saturated carbocycles. The van der Waals surface area contributed by atoms with Crippen molar-refractivity contribution in [2.24, 2.45) is 10.8 Å². The van der Waals surface area contributed by atoms with E-state index < -0.39 is 124 Å². The van der Waals surface area contributed by atoms with Crippen LogP contribution in [0.4, 0.5) is 0 Å². The Morgan fingerprint density at radius 2 is 1.36 bits per heavy atom. The van der Waals surface area contributed by atoms with Crippen molar-refractivity contribution in [2.45, 2.75) is 263 Å². The van der Waals surface area contributed by atoms with Crippen molar-refractivity contribution in [3.63, 3.8) is 0 Å². The minimum absolute atomic E-state index is 0.0135. The first-order valence-corrected chi connectivity index (χ1v) is 34.3. The third kappa shape index (κ3) is 18.6. The molecule has 11 atom stereocenters. The Labute approximate surface area is 481 Å². The summed E-state index contributed by atoms with van der Waals surface area (Å²) in [6, 6.07) is 4.84. The molecule has 19 heteroatoms. The number of ether oxygens (including phenoxy) is 9. The Bertz CT molecular complexity index is 2130. The fraction of sp³-hybridized carbons (Fsp3) is 0.754. The van der Waals surface area contributed by atoms with Gasteiger partial charge in [0.2, 0.25) is 5.79 Å². The molecule has 0 unspecified atom stereocenters. The Morgan fingerprint density at radius 3 is 1.90 bits per heavy atom. The first kappa shape index (κ1) is 70.5. The summed E-state index contributed by atoms with van der Waals surface area (Å²) in [5.74, 6) is -6.52. The van der Waals surface area contributed by atoms with Crippen molar-refractivity contribution >= 4 is 46.5 Å². The molecule has 0 spiro atoms. The summed E-state index contributed by atoms with van der Waals surface area (Å²) < 4.78 is 70.0. The van der Waals surface area contributed by atoms with Crippen LogP contribution in [0.15, 0.2) is 60.8 Å². The second-order valence-electron chi connectivity index (χ2n) is 23.2. The number of methoxy groups -OCH3 is 3. The number of rotatable bonds is 32. The Hall–Kier alpha value is -3.80. The summed E-state index contributed by atoms with van der Waals surface area (Å²) in [5.41, 5.74) is -1.04. The van der Waals surface area contributed by atoms with Crippen LogP contribution in [0.2, 0.25) is 36.3 Å². The van der Waals surface area contributed by atoms with Crippen LogP contribution < -0.4 is 0 Å². The molecule has 0 bridgehead atoms. The first-order chi connectivity index (χ1) is 37.6. The topological polar surface area (TPSA) is 207 Å². The molecule has 0 radical (unpaired) electrons. The quantitative estimate of drug-likeness (QED) is 0.0166. The highest BCUT2D eigenvalue weighted by Crippen LogP contribution is 2.52. The van der Waals surface area contributed by atoms with Crippen molar-refractivity contribution in [1.29, 1.82) is 0 Å². The molecule has 0 aromatic rings. The summed E-state index contributed by atoms with van der Waals surface area (Å²) in [6.45, 7) is 32.4.